The summed E-state index contributed by atoms with van der Waals surface area (Å²) >= 11 is 5.96. The first kappa shape index (κ1) is 14.1. The number of halogens is 1. The van der Waals surface area contributed by atoms with Gasteiger partial charge in [0.15, 0.2) is 0 Å². The number of nitro benzene ring substituents is 1. The SMILES string of the molecule is CC(C)N(CC1CC1)c1ccc([N+](=O)[O-])cc1CCl. The lowest BCUT2D eigenvalue weighted by molar-refractivity contribution is -0.384. The van der Waals surface area contributed by atoms with Crippen LogP contribution in [0.2, 0.25) is 0 Å². The van der Waals surface area contributed by atoms with Crippen LogP contribution in [0.3, 0.4) is 0 Å². The number of non-ortho nitro benzene ring substituents is 1. The van der Waals surface area contributed by atoms with Gasteiger partial charge in [-0.15, -0.1) is 11.6 Å². The van der Waals surface area contributed by atoms with E-state index >= 15 is 0 Å². The monoisotopic (exact) mass is 282 g/mol. The van der Waals surface area contributed by atoms with Gasteiger partial charge in [-0.25, -0.2) is 0 Å². The molecule has 0 heterocycles. The third-order valence-corrected chi connectivity index (χ3v) is 3.79. The molecule has 0 aliphatic heterocycles. The molecule has 1 aliphatic rings. The Morgan fingerprint density at radius 2 is 2.16 bits per heavy atom. The van der Waals surface area contributed by atoms with Crippen LogP contribution in [0.15, 0.2) is 18.2 Å². The fourth-order valence-electron chi connectivity index (χ4n) is 2.24. The molecule has 1 aromatic carbocycles. The Labute approximate surface area is 118 Å². The molecule has 0 bridgehead atoms. The molecular weight excluding hydrogens is 264 g/mol. The Kier molecular flexibility index (Phi) is 4.30. The second-order valence-electron chi connectivity index (χ2n) is 5.39. The van der Waals surface area contributed by atoms with Crippen molar-refractivity contribution in [1.29, 1.82) is 0 Å². The lowest BCUT2D eigenvalue weighted by atomic mass is 10.1. The average Bonchev–Trinajstić information content (AvgIpc) is 3.18. The molecule has 1 aliphatic carbocycles. The molecule has 1 saturated carbocycles. The van der Waals surface area contributed by atoms with Gasteiger partial charge in [-0.2, -0.15) is 0 Å². The van der Waals surface area contributed by atoms with Gasteiger partial charge in [-0.1, -0.05) is 0 Å². The number of anilines is 1. The van der Waals surface area contributed by atoms with Crippen LogP contribution in [0.1, 0.15) is 32.3 Å². The van der Waals surface area contributed by atoms with Crippen LogP contribution in [0.4, 0.5) is 11.4 Å². The highest BCUT2D eigenvalue weighted by molar-refractivity contribution is 6.17. The van der Waals surface area contributed by atoms with Gasteiger partial charge in [0.1, 0.15) is 0 Å². The number of nitro groups is 1. The summed E-state index contributed by atoms with van der Waals surface area (Å²) in [5, 5.41) is 10.8. The van der Waals surface area contributed by atoms with E-state index in [9.17, 15) is 10.1 Å². The predicted octanol–water partition coefficient (Wildman–Crippen LogP) is 3.96. The van der Waals surface area contributed by atoms with Crippen molar-refractivity contribution in [2.75, 3.05) is 11.4 Å². The van der Waals surface area contributed by atoms with Crippen LogP contribution in [-0.4, -0.2) is 17.5 Å². The van der Waals surface area contributed by atoms with E-state index in [2.05, 4.69) is 18.7 Å². The normalized spacial score (nSPS) is 14.7. The molecule has 5 heteroatoms. The number of alkyl halides is 1. The van der Waals surface area contributed by atoms with Crippen molar-refractivity contribution in [1.82, 2.24) is 0 Å². The topological polar surface area (TPSA) is 46.4 Å². The first-order valence-electron chi connectivity index (χ1n) is 6.63. The van der Waals surface area contributed by atoms with E-state index < -0.39 is 0 Å². The molecule has 0 amide bonds. The third kappa shape index (κ3) is 3.38. The van der Waals surface area contributed by atoms with Crippen molar-refractivity contribution in [3.05, 3.63) is 33.9 Å². The van der Waals surface area contributed by atoms with Crippen molar-refractivity contribution < 1.29 is 4.92 Å². The first-order chi connectivity index (χ1) is 9.02. The van der Waals surface area contributed by atoms with E-state index in [-0.39, 0.29) is 10.6 Å². The fourth-order valence-corrected chi connectivity index (χ4v) is 2.45. The maximum absolute atomic E-state index is 10.8. The summed E-state index contributed by atoms with van der Waals surface area (Å²) in [6.07, 6.45) is 2.57. The molecule has 0 saturated heterocycles. The molecule has 4 nitrogen and oxygen atoms in total. The zero-order chi connectivity index (χ0) is 14.0. The van der Waals surface area contributed by atoms with Gasteiger partial charge >= 0.3 is 0 Å². The molecule has 2 rings (SSSR count). The molecule has 0 aromatic heterocycles. The second-order valence-corrected chi connectivity index (χ2v) is 5.66. The molecule has 19 heavy (non-hydrogen) atoms. The molecule has 0 radical (unpaired) electrons. The maximum atomic E-state index is 10.8. The molecule has 1 fully saturated rings. The highest BCUT2D eigenvalue weighted by atomic mass is 35.5. The van der Waals surface area contributed by atoms with Gasteiger partial charge in [0.2, 0.25) is 0 Å². The Morgan fingerprint density at radius 1 is 1.47 bits per heavy atom. The standard InChI is InChI=1S/C14H19ClN2O2/c1-10(2)16(9-11-3-4-11)14-6-5-13(17(18)19)7-12(14)8-15/h5-7,10-11H,3-4,8-9H2,1-2H3. The average molecular weight is 283 g/mol. The predicted molar refractivity (Wildman–Crippen MR) is 77.9 cm³/mol. The summed E-state index contributed by atoms with van der Waals surface area (Å²) < 4.78 is 0. The smallest absolute Gasteiger partial charge is 0.269 e. The number of rotatable bonds is 6. The number of nitrogens with zero attached hydrogens (tertiary/aromatic N) is 2. The Bertz CT molecular complexity index is 473. The number of hydrogen-bond acceptors (Lipinski definition) is 3. The summed E-state index contributed by atoms with van der Waals surface area (Å²) in [5.41, 5.74) is 1.97. The summed E-state index contributed by atoms with van der Waals surface area (Å²) in [4.78, 5) is 12.8. The summed E-state index contributed by atoms with van der Waals surface area (Å²) in [5.74, 6) is 1.06. The molecule has 0 unspecified atom stereocenters. The van der Waals surface area contributed by atoms with E-state index in [1.54, 1.807) is 12.1 Å². The quantitative estimate of drug-likeness (QED) is 0.451. The summed E-state index contributed by atoms with van der Waals surface area (Å²) in [7, 11) is 0. The van der Waals surface area contributed by atoms with Gasteiger partial charge in [0, 0.05) is 36.3 Å². The Balaban J connectivity index is 2.31. The minimum Gasteiger partial charge on any atom is -0.369 e. The molecule has 0 spiro atoms. The number of hydrogen-bond donors (Lipinski definition) is 0. The summed E-state index contributed by atoms with van der Waals surface area (Å²) in [6.45, 7) is 5.29. The minimum atomic E-state index is -0.375. The van der Waals surface area contributed by atoms with Crippen LogP contribution in [-0.2, 0) is 5.88 Å². The van der Waals surface area contributed by atoms with Crippen molar-refractivity contribution in [3.8, 4) is 0 Å². The van der Waals surface area contributed by atoms with E-state index in [1.807, 2.05) is 6.07 Å². The molecule has 1 aromatic rings. The number of benzene rings is 1. The maximum Gasteiger partial charge on any atom is 0.269 e. The molecule has 104 valence electrons. The van der Waals surface area contributed by atoms with Crippen LogP contribution in [0.5, 0.6) is 0 Å². The van der Waals surface area contributed by atoms with Gasteiger partial charge in [0.05, 0.1) is 4.92 Å². The minimum absolute atomic E-state index is 0.106. The van der Waals surface area contributed by atoms with E-state index in [4.69, 9.17) is 11.6 Å². The molecule has 0 atom stereocenters. The van der Waals surface area contributed by atoms with Gasteiger partial charge in [0.25, 0.3) is 5.69 Å². The largest absolute Gasteiger partial charge is 0.369 e. The van der Waals surface area contributed by atoms with E-state index in [0.717, 1.165) is 23.7 Å². The van der Waals surface area contributed by atoms with Crippen LogP contribution >= 0.6 is 11.6 Å². The van der Waals surface area contributed by atoms with Crippen LogP contribution in [0, 0.1) is 16.0 Å². The van der Waals surface area contributed by atoms with Crippen molar-refractivity contribution in [2.45, 2.75) is 38.6 Å². The van der Waals surface area contributed by atoms with E-state index in [0.29, 0.717) is 11.9 Å². The highest BCUT2D eigenvalue weighted by Crippen LogP contribution is 2.34. The van der Waals surface area contributed by atoms with Crippen LogP contribution in [0.25, 0.3) is 0 Å². The van der Waals surface area contributed by atoms with E-state index in [1.165, 1.54) is 12.8 Å². The van der Waals surface area contributed by atoms with Gasteiger partial charge < -0.3 is 4.90 Å². The Morgan fingerprint density at radius 3 is 2.63 bits per heavy atom. The molecular formula is C14H19ClN2O2. The lowest BCUT2D eigenvalue weighted by Crippen LogP contribution is -2.33. The fraction of sp³-hybridized carbons (Fsp3) is 0.571. The highest BCUT2D eigenvalue weighted by Gasteiger charge is 2.27. The van der Waals surface area contributed by atoms with Crippen molar-refractivity contribution >= 4 is 23.0 Å². The lowest BCUT2D eigenvalue weighted by Gasteiger charge is -2.30. The zero-order valence-corrected chi connectivity index (χ0v) is 12.1. The van der Waals surface area contributed by atoms with Gasteiger partial charge in [-0.3, -0.25) is 10.1 Å². The third-order valence-electron chi connectivity index (χ3n) is 3.50. The zero-order valence-electron chi connectivity index (χ0n) is 11.3. The Hall–Kier alpha value is -1.29. The second kappa shape index (κ2) is 5.78. The first-order valence-corrected chi connectivity index (χ1v) is 7.16. The summed E-state index contributed by atoms with van der Waals surface area (Å²) in [6, 6.07) is 5.35. The molecule has 0 N–H and O–H groups in total. The van der Waals surface area contributed by atoms with Crippen molar-refractivity contribution in [2.24, 2.45) is 5.92 Å². The van der Waals surface area contributed by atoms with Crippen molar-refractivity contribution in [3.63, 3.8) is 0 Å². The van der Waals surface area contributed by atoms with Crippen LogP contribution < -0.4 is 4.90 Å². The van der Waals surface area contributed by atoms with Gasteiger partial charge in [-0.05, 0) is 44.2 Å².